The highest BCUT2D eigenvalue weighted by Gasteiger charge is 2.29. The molecule has 0 saturated carbocycles. The molecule has 0 fully saturated rings. The lowest BCUT2D eigenvalue weighted by atomic mass is 10.5. The average Bonchev–Trinajstić information content (AvgIpc) is 2.06. The van der Waals surface area contributed by atoms with Crippen LogP contribution in [0.5, 0.6) is 5.88 Å². The summed E-state index contributed by atoms with van der Waals surface area (Å²) in [6.07, 6.45) is -3.31. The van der Waals surface area contributed by atoms with E-state index in [4.69, 9.17) is 5.73 Å². The zero-order chi connectivity index (χ0) is 10.8. The molecule has 0 aliphatic carbocycles. The lowest BCUT2D eigenvalue weighted by Gasteiger charge is -2.09. The molecule has 0 bridgehead atoms. The fourth-order valence-electron chi connectivity index (χ4n) is 0.625. The molecule has 1 aromatic heterocycles. The first-order valence-electron chi connectivity index (χ1n) is 3.35. The molecule has 0 unspecified atom stereocenters. The lowest BCUT2D eigenvalue weighted by Crippen LogP contribution is -2.20. The van der Waals surface area contributed by atoms with Crippen molar-refractivity contribution >= 4 is 28.3 Å². The highest BCUT2D eigenvalue weighted by molar-refractivity contribution is 14.1. The number of halogens is 4. The summed E-state index contributed by atoms with van der Waals surface area (Å²) in [5.74, 6) is -0.248. The smallest absolute Gasteiger partial charge is 0.422 e. The Bertz CT molecular complexity index is 331. The minimum atomic E-state index is -4.40. The van der Waals surface area contributed by atoms with Crippen molar-refractivity contribution in [2.24, 2.45) is 0 Å². The van der Waals surface area contributed by atoms with Gasteiger partial charge in [-0.2, -0.15) is 18.2 Å². The van der Waals surface area contributed by atoms with Gasteiger partial charge in [0.1, 0.15) is 15.7 Å². The fraction of sp³-hybridized carbons (Fsp3) is 0.333. The number of ether oxygens (including phenoxy) is 1. The van der Waals surface area contributed by atoms with Crippen LogP contribution in [-0.4, -0.2) is 22.8 Å². The normalized spacial score (nSPS) is 11.4. The van der Waals surface area contributed by atoms with Gasteiger partial charge in [-0.3, -0.25) is 0 Å². The van der Waals surface area contributed by atoms with E-state index in [2.05, 4.69) is 14.7 Å². The highest BCUT2D eigenvalue weighted by Crippen LogP contribution is 2.23. The Morgan fingerprint density at radius 3 is 2.64 bits per heavy atom. The topological polar surface area (TPSA) is 61.0 Å². The number of rotatable bonds is 2. The summed E-state index contributed by atoms with van der Waals surface area (Å²) < 4.78 is 40.0. The maximum Gasteiger partial charge on any atom is 0.422 e. The van der Waals surface area contributed by atoms with Crippen molar-refractivity contribution in [3.63, 3.8) is 0 Å². The van der Waals surface area contributed by atoms with Gasteiger partial charge in [0.05, 0.1) is 0 Å². The third kappa shape index (κ3) is 3.16. The second-order valence-corrected chi connectivity index (χ2v) is 3.31. The van der Waals surface area contributed by atoms with E-state index >= 15 is 0 Å². The van der Waals surface area contributed by atoms with Crippen LogP contribution in [0, 0.1) is 3.70 Å². The van der Waals surface area contributed by atoms with Crippen LogP contribution in [0.1, 0.15) is 0 Å². The van der Waals surface area contributed by atoms with Crippen molar-refractivity contribution in [3.8, 4) is 5.88 Å². The Morgan fingerprint density at radius 1 is 1.43 bits per heavy atom. The molecular weight excluding hydrogens is 314 g/mol. The highest BCUT2D eigenvalue weighted by atomic mass is 127. The molecule has 0 saturated heterocycles. The van der Waals surface area contributed by atoms with E-state index in [1.54, 1.807) is 22.6 Å². The van der Waals surface area contributed by atoms with E-state index < -0.39 is 12.8 Å². The van der Waals surface area contributed by atoms with Gasteiger partial charge in [0.2, 0.25) is 5.88 Å². The summed E-state index contributed by atoms with van der Waals surface area (Å²) in [5.41, 5.74) is 5.40. The third-order valence-corrected chi connectivity index (χ3v) is 2.03. The molecule has 2 N–H and O–H groups in total. The number of alkyl halides is 3. The van der Waals surface area contributed by atoms with Crippen LogP contribution in [0.4, 0.5) is 18.9 Å². The molecule has 0 aliphatic heterocycles. The van der Waals surface area contributed by atoms with E-state index in [-0.39, 0.29) is 11.6 Å². The molecule has 8 heteroatoms. The van der Waals surface area contributed by atoms with E-state index in [0.717, 1.165) is 6.33 Å². The van der Waals surface area contributed by atoms with Gasteiger partial charge in [-0.15, -0.1) is 0 Å². The van der Waals surface area contributed by atoms with Crippen molar-refractivity contribution < 1.29 is 17.9 Å². The Kier molecular flexibility index (Phi) is 3.34. The Morgan fingerprint density at radius 2 is 2.07 bits per heavy atom. The predicted octanol–water partition coefficient (Wildman–Crippen LogP) is 1.60. The first kappa shape index (κ1) is 11.3. The molecule has 0 amide bonds. The molecule has 0 spiro atoms. The minimum absolute atomic E-state index is 0.0114. The summed E-state index contributed by atoms with van der Waals surface area (Å²) in [5, 5.41) is 0. The monoisotopic (exact) mass is 319 g/mol. The molecule has 1 rings (SSSR count). The summed E-state index contributed by atoms with van der Waals surface area (Å²) in [7, 11) is 0. The second kappa shape index (κ2) is 4.15. The number of nitrogen functional groups attached to an aromatic ring is 1. The van der Waals surface area contributed by atoms with Crippen LogP contribution >= 0.6 is 22.6 Å². The second-order valence-electron chi connectivity index (χ2n) is 2.29. The largest absolute Gasteiger partial charge is 0.466 e. The fourth-order valence-corrected chi connectivity index (χ4v) is 0.980. The van der Waals surface area contributed by atoms with Gasteiger partial charge in [0, 0.05) is 0 Å². The van der Waals surface area contributed by atoms with E-state index in [9.17, 15) is 13.2 Å². The Hall–Kier alpha value is -0.800. The van der Waals surface area contributed by atoms with Crippen molar-refractivity contribution in [2.75, 3.05) is 12.3 Å². The van der Waals surface area contributed by atoms with Crippen LogP contribution in [0.3, 0.4) is 0 Å². The van der Waals surface area contributed by atoms with Crippen molar-refractivity contribution in [1.82, 2.24) is 9.97 Å². The van der Waals surface area contributed by atoms with Gasteiger partial charge in [0.25, 0.3) is 0 Å². The molecule has 1 heterocycles. The van der Waals surface area contributed by atoms with Crippen molar-refractivity contribution in [3.05, 3.63) is 10.0 Å². The molecule has 4 nitrogen and oxygen atoms in total. The maximum absolute atomic E-state index is 11.8. The van der Waals surface area contributed by atoms with E-state index in [1.807, 2.05) is 0 Å². The molecular formula is C6H5F3IN3O. The van der Waals surface area contributed by atoms with Crippen LogP contribution in [-0.2, 0) is 0 Å². The first-order chi connectivity index (χ1) is 6.40. The first-order valence-corrected chi connectivity index (χ1v) is 4.43. The van der Waals surface area contributed by atoms with E-state index in [0.29, 0.717) is 3.70 Å². The predicted molar refractivity (Wildman–Crippen MR) is 50.7 cm³/mol. The summed E-state index contributed by atoms with van der Waals surface area (Å²) in [6, 6.07) is 0. The number of nitrogens with two attached hydrogens (primary N) is 1. The Labute approximate surface area is 90.8 Å². The molecule has 0 aromatic carbocycles. The number of hydrogen-bond donors (Lipinski definition) is 1. The zero-order valence-electron chi connectivity index (χ0n) is 6.68. The van der Waals surface area contributed by atoms with Gasteiger partial charge >= 0.3 is 6.18 Å². The minimum Gasteiger partial charge on any atom is -0.466 e. The quantitative estimate of drug-likeness (QED) is 0.664. The number of hydrogen-bond acceptors (Lipinski definition) is 4. The molecule has 1 aromatic rings. The van der Waals surface area contributed by atoms with Crippen LogP contribution in [0.2, 0.25) is 0 Å². The lowest BCUT2D eigenvalue weighted by molar-refractivity contribution is -0.154. The van der Waals surface area contributed by atoms with Crippen LogP contribution in [0.25, 0.3) is 0 Å². The molecule has 0 radical (unpaired) electrons. The molecule has 0 aliphatic rings. The van der Waals surface area contributed by atoms with Crippen LogP contribution in [0.15, 0.2) is 6.33 Å². The molecule has 78 valence electrons. The molecule has 0 atom stereocenters. The van der Waals surface area contributed by atoms with Gasteiger partial charge < -0.3 is 10.5 Å². The standard InChI is InChI=1S/C6H5F3IN3O/c7-6(8,9)1-14-5-3(11)4(10)12-2-13-5/h2H,1,11H2. The number of anilines is 1. The number of nitrogens with zero attached hydrogens (tertiary/aromatic N) is 2. The summed E-state index contributed by atoms with van der Waals surface area (Å²) in [4.78, 5) is 7.15. The van der Waals surface area contributed by atoms with Crippen molar-refractivity contribution in [2.45, 2.75) is 6.18 Å². The van der Waals surface area contributed by atoms with Gasteiger partial charge in [-0.25, -0.2) is 4.98 Å². The zero-order valence-corrected chi connectivity index (χ0v) is 8.83. The van der Waals surface area contributed by atoms with Gasteiger partial charge in [-0.05, 0) is 22.6 Å². The van der Waals surface area contributed by atoms with Gasteiger partial charge in [-0.1, -0.05) is 0 Å². The number of aromatic nitrogens is 2. The van der Waals surface area contributed by atoms with Gasteiger partial charge in [0.15, 0.2) is 6.61 Å². The summed E-state index contributed by atoms with van der Waals surface area (Å²) in [6.45, 7) is -1.41. The Balaban J connectivity index is 2.73. The third-order valence-electron chi connectivity index (χ3n) is 1.17. The van der Waals surface area contributed by atoms with E-state index in [1.165, 1.54) is 0 Å². The van der Waals surface area contributed by atoms with Crippen LogP contribution < -0.4 is 10.5 Å². The maximum atomic E-state index is 11.8. The molecule has 14 heavy (non-hydrogen) atoms. The summed E-state index contributed by atoms with van der Waals surface area (Å²) >= 11 is 1.77. The average molecular weight is 319 g/mol. The van der Waals surface area contributed by atoms with Crippen molar-refractivity contribution in [1.29, 1.82) is 0 Å². The SMILES string of the molecule is Nc1c(I)ncnc1OCC(F)(F)F.